The van der Waals surface area contributed by atoms with E-state index >= 15 is 0 Å². The van der Waals surface area contributed by atoms with E-state index in [0.29, 0.717) is 11.3 Å². The van der Waals surface area contributed by atoms with Gasteiger partial charge in [-0.15, -0.1) is 0 Å². The molecule has 0 spiro atoms. The Morgan fingerprint density at radius 1 is 1.36 bits per heavy atom. The van der Waals surface area contributed by atoms with Crippen LogP contribution in [0.25, 0.3) is 0 Å². The van der Waals surface area contributed by atoms with Gasteiger partial charge in [0.25, 0.3) is 0 Å². The van der Waals surface area contributed by atoms with Gasteiger partial charge in [0, 0.05) is 30.5 Å². The summed E-state index contributed by atoms with van der Waals surface area (Å²) in [5.74, 6) is 1.39. The minimum Gasteiger partial charge on any atom is -0.466 e. The first-order chi connectivity index (χ1) is 11.8. The predicted molar refractivity (Wildman–Crippen MR) is 98.2 cm³/mol. The first-order valence-electron chi connectivity index (χ1n) is 8.45. The summed E-state index contributed by atoms with van der Waals surface area (Å²) in [4.78, 5) is 14.4. The Bertz CT molecular complexity index is 795. The highest BCUT2D eigenvalue weighted by atomic mass is 16.3. The molecule has 2 aromatic rings. The number of hydrogen-bond donors (Lipinski definition) is 3. The number of hydrogen-bond acceptors (Lipinski definition) is 4. The van der Waals surface area contributed by atoms with Crippen molar-refractivity contribution in [2.45, 2.75) is 32.8 Å². The molecule has 6 nitrogen and oxygen atoms in total. The molecule has 1 aromatic carbocycles. The number of likely N-dealkylation sites (N-methyl/N-ethyl adjacent to an activating group) is 1. The van der Waals surface area contributed by atoms with Crippen molar-refractivity contribution < 1.29 is 14.3 Å². The van der Waals surface area contributed by atoms with Crippen molar-refractivity contribution in [3.63, 3.8) is 0 Å². The second-order valence-electron chi connectivity index (χ2n) is 6.92. The molecular formula is C19H25N3O3. The Morgan fingerprint density at radius 2 is 2.12 bits per heavy atom. The monoisotopic (exact) mass is 343 g/mol. The van der Waals surface area contributed by atoms with Crippen LogP contribution in [0.1, 0.15) is 29.6 Å². The van der Waals surface area contributed by atoms with Crippen molar-refractivity contribution in [1.29, 1.82) is 0 Å². The van der Waals surface area contributed by atoms with Gasteiger partial charge >= 0.3 is 6.03 Å². The van der Waals surface area contributed by atoms with Gasteiger partial charge in [0.15, 0.2) is 0 Å². The van der Waals surface area contributed by atoms with Crippen molar-refractivity contribution in [1.82, 2.24) is 5.32 Å². The van der Waals surface area contributed by atoms with Crippen LogP contribution in [0.2, 0.25) is 0 Å². The van der Waals surface area contributed by atoms with E-state index in [9.17, 15) is 9.90 Å². The summed E-state index contributed by atoms with van der Waals surface area (Å²) in [5, 5.41) is 16.2. The number of aliphatic hydroxyl groups is 1. The molecule has 2 heterocycles. The standard InChI is InChI=1S/C19H25N3O3/c1-12-9-16(13(2)25-12)19(3,24)11-20-18(23)21-15-6-5-14-7-8-22(4)17(14)10-15/h5-6,9-10,24H,7-8,11H2,1-4H3,(H2,20,21,23). The number of carbonyl (C=O) groups excluding carboxylic acids is 1. The fraction of sp³-hybridized carbons (Fsp3) is 0.421. The first-order valence-corrected chi connectivity index (χ1v) is 8.45. The van der Waals surface area contributed by atoms with Crippen LogP contribution in [-0.2, 0) is 12.0 Å². The molecule has 0 saturated carbocycles. The molecule has 1 aromatic heterocycles. The van der Waals surface area contributed by atoms with Crippen molar-refractivity contribution >= 4 is 17.4 Å². The summed E-state index contributed by atoms with van der Waals surface area (Å²) in [5.41, 5.74) is 2.66. The molecule has 2 amide bonds. The molecular weight excluding hydrogens is 318 g/mol. The SMILES string of the molecule is Cc1cc(C(C)(O)CNC(=O)Nc2ccc3c(c2)N(C)CC3)c(C)o1. The Morgan fingerprint density at radius 3 is 2.80 bits per heavy atom. The summed E-state index contributed by atoms with van der Waals surface area (Å²) >= 11 is 0. The fourth-order valence-electron chi connectivity index (χ4n) is 3.31. The molecule has 3 rings (SSSR count). The van der Waals surface area contributed by atoms with E-state index in [1.54, 1.807) is 19.9 Å². The Hall–Kier alpha value is -2.47. The van der Waals surface area contributed by atoms with Crippen LogP contribution in [0.5, 0.6) is 0 Å². The second kappa shape index (κ2) is 6.44. The number of urea groups is 1. The molecule has 1 aliphatic rings. The quantitative estimate of drug-likeness (QED) is 0.798. The number of fused-ring (bicyclic) bond motifs is 1. The van der Waals surface area contributed by atoms with Crippen LogP contribution < -0.4 is 15.5 Å². The summed E-state index contributed by atoms with van der Waals surface area (Å²) < 4.78 is 5.46. The maximum atomic E-state index is 12.2. The van der Waals surface area contributed by atoms with E-state index in [2.05, 4.69) is 15.5 Å². The normalized spacial score (nSPS) is 15.6. The summed E-state index contributed by atoms with van der Waals surface area (Å²) in [7, 11) is 2.04. The van der Waals surface area contributed by atoms with Crippen molar-refractivity contribution in [3.8, 4) is 0 Å². The molecule has 0 saturated heterocycles. The van der Waals surface area contributed by atoms with Crippen LogP contribution in [0.3, 0.4) is 0 Å². The molecule has 0 bridgehead atoms. The van der Waals surface area contributed by atoms with Gasteiger partial charge in [0.2, 0.25) is 0 Å². The highest BCUT2D eigenvalue weighted by Crippen LogP contribution is 2.29. The lowest BCUT2D eigenvalue weighted by molar-refractivity contribution is 0.0584. The zero-order chi connectivity index (χ0) is 18.2. The topological polar surface area (TPSA) is 77.7 Å². The van der Waals surface area contributed by atoms with E-state index in [0.717, 1.165) is 30.1 Å². The van der Waals surface area contributed by atoms with E-state index < -0.39 is 5.60 Å². The number of amides is 2. The van der Waals surface area contributed by atoms with E-state index in [1.165, 1.54) is 5.56 Å². The molecule has 1 unspecified atom stereocenters. The molecule has 6 heteroatoms. The third-order valence-corrected chi connectivity index (χ3v) is 4.69. The highest BCUT2D eigenvalue weighted by molar-refractivity contribution is 5.90. The van der Waals surface area contributed by atoms with Crippen molar-refractivity contribution in [2.75, 3.05) is 30.4 Å². The van der Waals surface area contributed by atoms with Gasteiger partial charge in [-0.2, -0.15) is 0 Å². The minimum atomic E-state index is -1.20. The van der Waals surface area contributed by atoms with Crippen LogP contribution in [0, 0.1) is 13.8 Å². The maximum absolute atomic E-state index is 12.2. The highest BCUT2D eigenvalue weighted by Gasteiger charge is 2.28. The fourth-order valence-corrected chi connectivity index (χ4v) is 3.31. The number of aryl methyl sites for hydroxylation is 2. The van der Waals surface area contributed by atoms with Gasteiger partial charge in [-0.05, 0) is 51.0 Å². The van der Waals surface area contributed by atoms with Gasteiger partial charge < -0.3 is 25.1 Å². The third-order valence-electron chi connectivity index (χ3n) is 4.69. The molecule has 134 valence electrons. The molecule has 0 aliphatic carbocycles. The van der Waals surface area contributed by atoms with Gasteiger partial charge in [0.1, 0.15) is 17.1 Å². The summed E-state index contributed by atoms with van der Waals surface area (Å²) in [6.07, 6.45) is 1.03. The van der Waals surface area contributed by atoms with Crippen molar-refractivity contribution in [2.24, 2.45) is 0 Å². The zero-order valence-electron chi connectivity index (χ0n) is 15.1. The van der Waals surface area contributed by atoms with Crippen molar-refractivity contribution in [3.05, 3.63) is 46.9 Å². The van der Waals surface area contributed by atoms with Crippen LogP contribution in [0.15, 0.2) is 28.7 Å². The number of rotatable bonds is 4. The minimum absolute atomic E-state index is 0.0868. The lowest BCUT2D eigenvalue weighted by Gasteiger charge is -2.23. The molecule has 1 aliphatic heterocycles. The van der Waals surface area contributed by atoms with Gasteiger partial charge in [-0.25, -0.2) is 4.79 Å². The zero-order valence-corrected chi connectivity index (χ0v) is 15.1. The third kappa shape index (κ3) is 3.64. The average molecular weight is 343 g/mol. The Labute approximate surface area is 147 Å². The Balaban J connectivity index is 1.61. The summed E-state index contributed by atoms with van der Waals surface area (Å²) in [6.45, 7) is 6.38. The second-order valence-corrected chi connectivity index (χ2v) is 6.92. The summed E-state index contributed by atoms with van der Waals surface area (Å²) in [6, 6.07) is 7.37. The number of nitrogens with one attached hydrogen (secondary N) is 2. The number of nitrogens with zero attached hydrogens (tertiary/aromatic N) is 1. The number of furan rings is 1. The van der Waals surface area contributed by atoms with Gasteiger partial charge in [-0.1, -0.05) is 6.07 Å². The maximum Gasteiger partial charge on any atom is 0.319 e. The number of benzene rings is 1. The van der Waals surface area contributed by atoms with Gasteiger partial charge in [-0.3, -0.25) is 0 Å². The molecule has 1 atom stereocenters. The van der Waals surface area contributed by atoms with Crippen LogP contribution in [-0.4, -0.2) is 31.3 Å². The van der Waals surface area contributed by atoms with Gasteiger partial charge in [0.05, 0.1) is 6.54 Å². The molecule has 3 N–H and O–H groups in total. The van der Waals surface area contributed by atoms with E-state index in [4.69, 9.17) is 4.42 Å². The molecule has 0 fully saturated rings. The van der Waals surface area contributed by atoms with Crippen LogP contribution in [0.4, 0.5) is 16.2 Å². The smallest absolute Gasteiger partial charge is 0.319 e. The largest absolute Gasteiger partial charge is 0.466 e. The number of anilines is 2. The first kappa shape index (κ1) is 17.4. The lowest BCUT2D eigenvalue weighted by atomic mass is 9.96. The van der Waals surface area contributed by atoms with E-state index in [-0.39, 0.29) is 12.6 Å². The predicted octanol–water partition coefficient (Wildman–Crippen LogP) is 2.92. The number of carbonyl (C=O) groups is 1. The molecule has 0 radical (unpaired) electrons. The Kier molecular flexibility index (Phi) is 4.47. The average Bonchev–Trinajstić information content (AvgIpc) is 3.08. The van der Waals surface area contributed by atoms with Crippen LogP contribution >= 0.6 is 0 Å². The van der Waals surface area contributed by atoms with E-state index in [1.807, 2.05) is 32.2 Å². The molecule has 25 heavy (non-hydrogen) atoms. The lowest BCUT2D eigenvalue weighted by Crippen LogP contribution is -2.40.